The summed E-state index contributed by atoms with van der Waals surface area (Å²) in [7, 11) is -6.78. The van der Waals surface area contributed by atoms with Gasteiger partial charge in [-0.25, -0.2) is 16.8 Å². The third-order valence-electron chi connectivity index (χ3n) is 3.27. The molecule has 0 N–H and O–H groups in total. The van der Waals surface area contributed by atoms with Crippen LogP contribution in [0, 0.1) is 5.92 Å². The van der Waals surface area contributed by atoms with Crippen molar-refractivity contribution >= 4 is 47.1 Å². The van der Waals surface area contributed by atoms with Crippen molar-refractivity contribution in [3.63, 3.8) is 0 Å². The number of sulfonamides is 1. The minimum absolute atomic E-state index is 0.0654. The summed E-state index contributed by atoms with van der Waals surface area (Å²) in [4.78, 5) is 0. The summed E-state index contributed by atoms with van der Waals surface area (Å²) >= 11 is 4.41. The van der Waals surface area contributed by atoms with Gasteiger partial charge in [0.1, 0.15) is 4.21 Å². The second-order valence-corrected chi connectivity index (χ2v) is 12.4. The number of sulfone groups is 1. The van der Waals surface area contributed by atoms with Gasteiger partial charge in [-0.1, -0.05) is 13.8 Å². The maximum Gasteiger partial charge on any atom is 0.252 e. The van der Waals surface area contributed by atoms with Crippen LogP contribution in [0.3, 0.4) is 0 Å². The molecule has 1 atom stereocenters. The topological polar surface area (TPSA) is 71.5 Å². The first-order chi connectivity index (χ1) is 9.62. The van der Waals surface area contributed by atoms with E-state index in [1.807, 2.05) is 13.8 Å². The van der Waals surface area contributed by atoms with Gasteiger partial charge in [-0.3, -0.25) is 0 Å². The van der Waals surface area contributed by atoms with E-state index in [1.54, 1.807) is 12.1 Å². The Labute approximate surface area is 138 Å². The van der Waals surface area contributed by atoms with Crippen LogP contribution >= 0.6 is 27.3 Å². The molecular formula is C12H18BrNO4S3. The van der Waals surface area contributed by atoms with Gasteiger partial charge in [-0.2, -0.15) is 4.31 Å². The van der Waals surface area contributed by atoms with Crippen molar-refractivity contribution < 1.29 is 16.8 Å². The second-order valence-electron chi connectivity index (χ2n) is 5.58. The zero-order valence-electron chi connectivity index (χ0n) is 11.8. The second kappa shape index (κ2) is 6.27. The molecule has 1 saturated heterocycles. The largest absolute Gasteiger partial charge is 0.252 e. The lowest BCUT2D eigenvalue weighted by atomic mass is 10.2. The SMILES string of the molecule is CC(C)CN([C@@H]1CCS(=O)(=O)C1)S(=O)(=O)c1ccc(Br)s1. The van der Waals surface area contributed by atoms with Crippen LogP contribution in [0.2, 0.25) is 0 Å². The van der Waals surface area contributed by atoms with E-state index in [-0.39, 0.29) is 21.6 Å². The summed E-state index contributed by atoms with van der Waals surface area (Å²) in [6.45, 7) is 4.19. The normalized spacial score (nSPS) is 22.2. The summed E-state index contributed by atoms with van der Waals surface area (Å²) in [6.07, 6.45) is 0.376. The average Bonchev–Trinajstić information content (AvgIpc) is 2.92. The lowest BCUT2D eigenvalue weighted by Gasteiger charge is -2.28. The minimum Gasteiger partial charge on any atom is -0.229 e. The van der Waals surface area contributed by atoms with Crippen molar-refractivity contribution in [2.75, 3.05) is 18.1 Å². The molecule has 1 aromatic rings. The van der Waals surface area contributed by atoms with Crippen molar-refractivity contribution in [3.8, 4) is 0 Å². The van der Waals surface area contributed by atoms with Gasteiger partial charge in [0, 0.05) is 12.6 Å². The summed E-state index contributed by atoms with van der Waals surface area (Å²) in [6, 6.07) is 2.79. The fraction of sp³-hybridized carbons (Fsp3) is 0.667. The molecule has 120 valence electrons. The highest BCUT2D eigenvalue weighted by molar-refractivity contribution is 9.11. The standard InChI is InChI=1S/C12H18BrNO4S3/c1-9(2)7-14(10-5-6-20(15,16)8-10)21(17,18)12-4-3-11(13)19-12/h3-4,9-10H,5-8H2,1-2H3/t10-/m1/s1. The van der Waals surface area contributed by atoms with E-state index in [0.717, 1.165) is 15.1 Å². The Morgan fingerprint density at radius 3 is 2.52 bits per heavy atom. The summed E-state index contributed by atoms with van der Waals surface area (Å²) in [5.74, 6) is 0.119. The van der Waals surface area contributed by atoms with Crippen LogP contribution in [0.4, 0.5) is 0 Å². The van der Waals surface area contributed by atoms with Gasteiger partial charge in [-0.15, -0.1) is 11.3 Å². The molecule has 0 aliphatic carbocycles. The van der Waals surface area contributed by atoms with E-state index in [9.17, 15) is 16.8 Å². The predicted octanol–water partition coefficient (Wildman–Crippen LogP) is 2.34. The maximum atomic E-state index is 12.8. The highest BCUT2D eigenvalue weighted by Gasteiger charge is 2.39. The minimum atomic E-state index is -3.65. The Morgan fingerprint density at radius 2 is 2.10 bits per heavy atom. The molecule has 0 unspecified atom stereocenters. The zero-order chi connectivity index (χ0) is 15.8. The van der Waals surface area contributed by atoms with Crippen molar-refractivity contribution in [2.24, 2.45) is 5.92 Å². The first-order valence-electron chi connectivity index (χ1n) is 6.59. The summed E-state index contributed by atoms with van der Waals surface area (Å²) in [5, 5.41) is 0. The van der Waals surface area contributed by atoms with E-state index in [4.69, 9.17) is 0 Å². The fourth-order valence-electron chi connectivity index (χ4n) is 2.36. The smallest absolute Gasteiger partial charge is 0.229 e. The van der Waals surface area contributed by atoms with Crippen LogP contribution in [0.15, 0.2) is 20.1 Å². The molecular weight excluding hydrogens is 398 g/mol. The van der Waals surface area contributed by atoms with Gasteiger partial charge in [0.25, 0.3) is 10.0 Å². The molecule has 0 saturated carbocycles. The van der Waals surface area contributed by atoms with Crippen molar-refractivity contribution in [1.82, 2.24) is 4.31 Å². The van der Waals surface area contributed by atoms with E-state index in [1.165, 1.54) is 4.31 Å². The number of thiophene rings is 1. The molecule has 2 rings (SSSR count). The van der Waals surface area contributed by atoms with E-state index in [0.29, 0.717) is 13.0 Å². The quantitative estimate of drug-likeness (QED) is 0.739. The molecule has 1 aliphatic heterocycles. The van der Waals surface area contributed by atoms with Gasteiger partial charge in [-0.05, 0) is 40.4 Å². The monoisotopic (exact) mass is 415 g/mol. The third kappa shape index (κ3) is 4.07. The molecule has 0 aromatic carbocycles. The van der Waals surface area contributed by atoms with Crippen LogP contribution in [0.5, 0.6) is 0 Å². The van der Waals surface area contributed by atoms with Gasteiger partial charge in [0.05, 0.1) is 15.3 Å². The average molecular weight is 416 g/mol. The number of hydrogen-bond acceptors (Lipinski definition) is 5. The van der Waals surface area contributed by atoms with Crippen LogP contribution in [-0.4, -0.2) is 45.2 Å². The first-order valence-corrected chi connectivity index (χ1v) is 11.5. The van der Waals surface area contributed by atoms with Crippen molar-refractivity contribution in [1.29, 1.82) is 0 Å². The number of hydrogen-bond donors (Lipinski definition) is 0. The van der Waals surface area contributed by atoms with E-state index >= 15 is 0 Å². The third-order valence-corrected chi connectivity index (χ3v) is 9.03. The fourth-order valence-corrected chi connectivity index (χ4v) is 8.14. The number of nitrogens with zero attached hydrogens (tertiary/aromatic N) is 1. The Hall–Kier alpha value is 0.0400. The predicted molar refractivity (Wildman–Crippen MR) is 87.8 cm³/mol. The lowest BCUT2D eigenvalue weighted by molar-refractivity contribution is 0.308. The molecule has 2 heterocycles. The molecule has 1 aliphatic rings. The van der Waals surface area contributed by atoms with Crippen LogP contribution in [0.25, 0.3) is 0 Å². The zero-order valence-corrected chi connectivity index (χ0v) is 15.9. The van der Waals surface area contributed by atoms with Gasteiger partial charge >= 0.3 is 0 Å². The van der Waals surface area contributed by atoms with Crippen molar-refractivity contribution in [2.45, 2.75) is 30.5 Å². The van der Waals surface area contributed by atoms with Crippen LogP contribution < -0.4 is 0 Å². The van der Waals surface area contributed by atoms with Crippen molar-refractivity contribution in [3.05, 3.63) is 15.9 Å². The summed E-state index contributed by atoms with van der Waals surface area (Å²) < 4.78 is 51.3. The van der Waals surface area contributed by atoms with E-state index in [2.05, 4.69) is 15.9 Å². The Morgan fingerprint density at radius 1 is 1.43 bits per heavy atom. The molecule has 21 heavy (non-hydrogen) atoms. The Kier molecular flexibility index (Phi) is 5.19. The molecule has 9 heteroatoms. The molecule has 0 spiro atoms. The Balaban J connectivity index is 2.36. The molecule has 0 bridgehead atoms. The molecule has 0 radical (unpaired) electrons. The maximum absolute atomic E-state index is 12.8. The van der Waals surface area contributed by atoms with E-state index < -0.39 is 25.9 Å². The van der Waals surface area contributed by atoms with Crippen LogP contribution in [-0.2, 0) is 19.9 Å². The highest BCUT2D eigenvalue weighted by atomic mass is 79.9. The molecule has 5 nitrogen and oxygen atoms in total. The van der Waals surface area contributed by atoms with Gasteiger partial charge in [0.2, 0.25) is 0 Å². The van der Waals surface area contributed by atoms with Crippen LogP contribution in [0.1, 0.15) is 20.3 Å². The summed E-state index contributed by atoms with van der Waals surface area (Å²) in [5.41, 5.74) is 0. The molecule has 1 fully saturated rings. The molecule has 1 aromatic heterocycles. The highest BCUT2D eigenvalue weighted by Crippen LogP contribution is 2.32. The lowest BCUT2D eigenvalue weighted by Crippen LogP contribution is -2.42. The first kappa shape index (κ1) is 17.4. The Bertz CT molecular complexity index is 709. The van der Waals surface area contributed by atoms with Gasteiger partial charge in [0.15, 0.2) is 9.84 Å². The van der Waals surface area contributed by atoms with Gasteiger partial charge < -0.3 is 0 Å². The molecule has 0 amide bonds. The number of rotatable bonds is 5. The number of halogens is 1.